The van der Waals surface area contributed by atoms with Crippen molar-refractivity contribution < 1.29 is 9.90 Å². The highest BCUT2D eigenvalue weighted by molar-refractivity contribution is 9.09. The van der Waals surface area contributed by atoms with Crippen LogP contribution in [-0.4, -0.2) is 16.2 Å². The van der Waals surface area contributed by atoms with E-state index in [9.17, 15) is 4.79 Å². The van der Waals surface area contributed by atoms with Crippen LogP contribution in [0.4, 0.5) is 0 Å². The molecular formula is C12H14BrClO2. The number of rotatable bonds is 6. The van der Waals surface area contributed by atoms with E-state index >= 15 is 0 Å². The Labute approximate surface area is 109 Å². The summed E-state index contributed by atoms with van der Waals surface area (Å²) in [5, 5.41) is 10.5. The molecule has 0 fully saturated rings. The van der Waals surface area contributed by atoms with Crippen molar-refractivity contribution in [2.45, 2.75) is 25.7 Å². The highest BCUT2D eigenvalue weighted by atomic mass is 79.9. The van der Waals surface area contributed by atoms with Crippen molar-refractivity contribution in [2.75, 3.05) is 5.33 Å². The van der Waals surface area contributed by atoms with E-state index in [1.54, 1.807) is 6.07 Å². The fourth-order valence-corrected chi connectivity index (χ4v) is 2.10. The van der Waals surface area contributed by atoms with Crippen LogP contribution in [0.25, 0.3) is 0 Å². The molecule has 0 aliphatic heterocycles. The van der Waals surface area contributed by atoms with Crippen LogP contribution in [-0.2, 0) is 0 Å². The molecule has 88 valence electrons. The molecular weight excluding hydrogens is 291 g/mol. The predicted molar refractivity (Wildman–Crippen MR) is 69.7 cm³/mol. The van der Waals surface area contributed by atoms with Crippen LogP contribution in [0, 0.1) is 0 Å². The van der Waals surface area contributed by atoms with Crippen molar-refractivity contribution in [3.63, 3.8) is 0 Å². The molecule has 0 radical (unpaired) electrons. The molecule has 16 heavy (non-hydrogen) atoms. The van der Waals surface area contributed by atoms with Gasteiger partial charge in [0.05, 0.1) is 5.02 Å². The fourth-order valence-electron chi connectivity index (χ4n) is 1.42. The maximum Gasteiger partial charge on any atom is 0.164 e. The first-order valence-corrected chi connectivity index (χ1v) is 6.72. The smallest absolute Gasteiger partial charge is 0.164 e. The van der Waals surface area contributed by atoms with Crippen molar-refractivity contribution in [3.05, 3.63) is 28.8 Å². The van der Waals surface area contributed by atoms with Gasteiger partial charge in [-0.1, -0.05) is 34.0 Å². The van der Waals surface area contributed by atoms with Crippen molar-refractivity contribution in [2.24, 2.45) is 0 Å². The molecule has 1 aromatic carbocycles. The maximum atomic E-state index is 11.8. The molecule has 0 aliphatic carbocycles. The van der Waals surface area contributed by atoms with Gasteiger partial charge in [0.15, 0.2) is 5.78 Å². The number of hydrogen-bond acceptors (Lipinski definition) is 2. The second-order valence-electron chi connectivity index (χ2n) is 3.59. The second-order valence-corrected chi connectivity index (χ2v) is 4.79. The van der Waals surface area contributed by atoms with Gasteiger partial charge >= 0.3 is 0 Å². The van der Waals surface area contributed by atoms with Gasteiger partial charge in [-0.25, -0.2) is 0 Å². The molecule has 0 heterocycles. The topological polar surface area (TPSA) is 37.3 Å². The summed E-state index contributed by atoms with van der Waals surface area (Å²) in [7, 11) is 0. The Morgan fingerprint density at radius 2 is 2.06 bits per heavy atom. The lowest BCUT2D eigenvalue weighted by Crippen LogP contribution is -1.99. The van der Waals surface area contributed by atoms with Crippen molar-refractivity contribution >= 4 is 33.3 Å². The number of phenolic OH excluding ortho intramolecular Hbond substituents is 1. The molecule has 0 amide bonds. The second kappa shape index (κ2) is 6.92. The fraction of sp³-hybridized carbons (Fsp3) is 0.417. The molecule has 2 nitrogen and oxygen atoms in total. The minimum absolute atomic E-state index is 0.0413. The summed E-state index contributed by atoms with van der Waals surface area (Å²) in [4.78, 5) is 11.8. The van der Waals surface area contributed by atoms with E-state index < -0.39 is 0 Å². The van der Waals surface area contributed by atoms with E-state index in [1.807, 2.05) is 0 Å². The normalized spacial score (nSPS) is 10.4. The van der Waals surface area contributed by atoms with E-state index in [1.165, 1.54) is 12.1 Å². The molecule has 0 saturated carbocycles. The Kier molecular flexibility index (Phi) is 5.85. The Hall–Kier alpha value is -0.540. The minimum atomic E-state index is 0.0413. The number of hydrogen-bond donors (Lipinski definition) is 1. The van der Waals surface area contributed by atoms with E-state index in [2.05, 4.69) is 15.9 Å². The Morgan fingerprint density at radius 3 is 2.69 bits per heavy atom. The largest absolute Gasteiger partial charge is 0.508 e. The van der Waals surface area contributed by atoms with Crippen LogP contribution >= 0.6 is 27.5 Å². The molecule has 0 aliphatic rings. The van der Waals surface area contributed by atoms with E-state index in [-0.39, 0.29) is 11.5 Å². The van der Waals surface area contributed by atoms with Crippen LogP contribution in [0.15, 0.2) is 18.2 Å². The average molecular weight is 306 g/mol. The summed E-state index contributed by atoms with van der Waals surface area (Å²) in [5.41, 5.74) is 0.498. The first-order valence-electron chi connectivity index (χ1n) is 5.23. The molecule has 0 atom stereocenters. The Balaban J connectivity index is 2.53. The van der Waals surface area contributed by atoms with Gasteiger partial charge in [0, 0.05) is 17.3 Å². The van der Waals surface area contributed by atoms with Crippen molar-refractivity contribution in [3.8, 4) is 5.75 Å². The number of aromatic hydroxyl groups is 1. The van der Waals surface area contributed by atoms with Gasteiger partial charge in [0.2, 0.25) is 0 Å². The number of alkyl halides is 1. The predicted octanol–water partition coefficient (Wildman–Crippen LogP) is 4.18. The van der Waals surface area contributed by atoms with Crippen LogP contribution in [0.2, 0.25) is 5.02 Å². The van der Waals surface area contributed by atoms with Gasteiger partial charge in [-0.05, 0) is 31.0 Å². The summed E-state index contributed by atoms with van der Waals surface area (Å²) in [6, 6.07) is 4.45. The summed E-state index contributed by atoms with van der Waals surface area (Å²) in [6.45, 7) is 0. The molecule has 1 rings (SSSR count). The molecule has 1 aromatic rings. The monoisotopic (exact) mass is 304 g/mol. The van der Waals surface area contributed by atoms with E-state index in [0.29, 0.717) is 17.0 Å². The van der Waals surface area contributed by atoms with E-state index in [4.69, 9.17) is 16.7 Å². The number of unbranched alkanes of at least 4 members (excludes halogenated alkanes) is 2. The summed E-state index contributed by atoms with van der Waals surface area (Å²) >= 11 is 9.22. The number of carbonyl (C=O) groups excluding carboxylic acids is 1. The Bertz CT molecular complexity index is 366. The maximum absolute atomic E-state index is 11.8. The number of phenols is 1. The lowest BCUT2D eigenvalue weighted by molar-refractivity contribution is 0.0979. The van der Waals surface area contributed by atoms with Gasteiger partial charge < -0.3 is 5.11 Å². The van der Waals surface area contributed by atoms with Gasteiger partial charge in [-0.3, -0.25) is 4.79 Å². The molecule has 0 spiro atoms. The molecule has 1 N–H and O–H groups in total. The average Bonchev–Trinajstić information content (AvgIpc) is 2.24. The zero-order chi connectivity index (χ0) is 12.0. The third-order valence-electron chi connectivity index (χ3n) is 2.29. The van der Waals surface area contributed by atoms with Crippen LogP contribution in [0.1, 0.15) is 36.0 Å². The standard InChI is InChI=1S/C12H14BrClO2/c13-7-3-1-2-4-12(16)10-6-5-9(15)8-11(10)14/h5-6,8,15H,1-4,7H2. The number of benzene rings is 1. The van der Waals surface area contributed by atoms with Crippen molar-refractivity contribution in [1.29, 1.82) is 0 Å². The van der Waals surface area contributed by atoms with E-state index in [0.717, 1.165) is 24.6 Å². The van der Waals surface area contributed by atoms with Crippen LogP contribution < -0.4 is 0 Å². The lowest BCUT2D eigenvalue weighted by atomic mass is 10.0. The molecule has 0 saturated heterocycles. The lowest BCUT2D eigenvalue weighted by Gasteiger charge is -2.03. The van der Waals surface area contributed by atoms with Crippen molar-refractivity contribution in [1.82, 2.24) is 0 Å². The zero-order valence-electron chi connectivity index (χ0n) is 8.88. The highest BCUT2D eigenvalue weighted by Gasteiger charge is 2.10. The number of carbonyl (C=O) groups is 1. The third kappa shape index (κ3) is 4.14. The first kappa shape index (κ1) is 13.5. The number of Topliss-reactive ketones (excluding diaryl/α,β-unsaturated/α-hetero) is 1. The molecule has 0 bridgehead atoms. The summed E-state index contributed by atoms with van der Waals surface area (Å²) in [5.74, 6) is 0.125. The highest BCUT2D eigenvalue weighted by Crippen LogP contribution is 2.23. The minimum Gasteiger partial charge on any atom is -0.508 e. The third-order valence-corrected chi connectivity index (χ3v) is 3.16. The van der Waals surface area contributed by atoms with Crippen LogP contribution in [0.3, 0.4) is 0 Å². The van der Waals surface area contributed by atoms with Gasteiger partial charge in [0.1, 0.15) is 5.75 Å². The SMILES string of the molecule is O=C(CCCCCBr)c1ccc(O)cc1Cl. The van der Waals surface area contributed by atoms with Gasteiger partial charge in [-0.15, -0.1) is 0 Å². The molecule has 0 aromatic heterocycles. The molecule has 4 heteroatoms. The van der Waals surface area contributed by atoms with Gasteiger partial charge in [0.25, 0.3) is 0 Å². The summed E-state index contributed by atoms with van der Waals surface area (Å²) in [6.07, 6.45) is 3.50. The summed E-state index contributed by atoms with van der Waals surface area (Å²) < 4.78 is 0. The Morgan fingerprint density at radius 1 is 1.31 bits per heavy atom. The van der Waals surface area contributed by atoms with Crippen LogP contribution in [0.5, 0.6) is 5.75 Å². The number of halogens is 2. The van der Waals surface area contributed by atoms with Gasteiger partial charge in [-0.2, -0.15) is 0 Å². The first-order chi connectivity index (χ1) is 7.65. The quantitative estimate of drug-likeness (QED) is 0.486. The number of ketones is 1. The molecule has 0 unspecified atom stereocenters. The zero-order valence-corrected chi connectivity index (χ0v) is 11.2.